The molecule has 0 saturated heterocycles. The highest BCUT2D eigenvalue weighted by Crippen LogP contribution is 2.14. The van der Waals surface area contributed by atoms with E-state index in [2.05, 4.69) is 15.7 Å². The number of hydrogen-bond donors (Lipinski definition) is 2. The van der Waals surface area contributed by atoms with E-state index in [0.29, 0.717) is 11.3 Å². The highest BCUT2D eigenvalue weighted by Gasteiger charge is 2.07. The number of benzene rings is 1. The first-order valence-corrected chi connectivity index (χ1v) is 7.23. The summed E-state index contributed by atoms with van der Waals surface area (Å²) in [6.45, 7) is 3.86. The zero-order valence-corrected chi connectivity index (χ0v) is 13.7. The quantitative estimate of drug-likeness (QED) is 0.848. The lowest BCUT2D eigenvalue weighted by molar-refractivity contribution is -0.111. The molecule has 0 aliphatic heterocycles. The van der Waals surface area contributed by atoms with Crippen LogP contribution in [0.5, 0.6) is 0 Å². The Labute approximate surface area is 135 Å². The van der Waals surface area contributed by atoms with Gasteiger partial charge in [0, 0.05) is 42.7 Å². The van der Waals surface area contributed by atoms with Gasteiger partial charge in [0.15, 0.2) is 0 Å². The zero-order chi connectivity index (χ0) is 17.0. The van der Waals surface area contributed by atoms with E-state index in [0.717, 1.165) is 17.0 Å². The average Bonchev–Trinajstić information content (AvgIpc) is 2.78. The third-order valence-electron chi connectivity index (χ3n) is 3.61. The molecule has 1 heterocycles. The molecule has 0 saturated carbocycles. The first-order chi connectivity index (χ1) is 10.9. The van der Waals surface area contributed by atoms with Gasteiger partial charge in [0.2, 0.25) is 5.91 Å². The monoisotopic (exact) mass is 312 g/mol. The van der Waals surface area contributed by atoms with Gasteiger partial charge in [-0.2, -0.15) is 5.10 Å². The number of rotatable bonds is 4. The molecule has 2 rings (SSSR count). The van der Waals surface area contributed by atoms with Crippen LogP contribution in [-0.2, 0) is 11.8 Å². The van der Waals surface area contributed by atoms with E-state index in [1.807, 2.05) is 20.9 Å². The highest BCUT2D eigenvalue weighted by molar-refractivity contribution is 6.02. The summed E-state index contributed by atoms with van der Waals surface area (Å²) >= 11 is 0. The molecule has 6 nitrogen and oxygen atoms in total. The molecule has 0 bridgehead atoms. The number of nitrogens with zero attached hydrogens (tertiary/aromatic N) is 2. The molecule has 0 atom stereocenters. The molecule has 0 aliphatic carbocycles. The Morgan fingerprint density at radius 3 is 2.35 bits per heavy atom. The molecular weight excluding hydrogens is 292 g/mol. The molecule has 23 heavy (non-hydrogen) atoms. The van der Waals surface area contributed by atoms with Crippen molar-refractivity contribution in [2.24, 2.45) is 7.05 Å². The van der Waals surface area contributed by atoms with Crippen molar-refractivity contribution in [2.45, 2.75) is 13.8 Å². The number of hydrogen-bond acceptors (Lipinski definition) is 3. The summed E-state index contributed by atoms with van der Waals surface area (Å²) in [6.07, 6.45) is 3.23. The fourth-order valence-electron chi connectivity index (χ4n) is 2.22. The van der Waals surface area contributed by atoms with E-state index in [9.17, 15) is 9.59 Å². The fraction of sp³-hybridized carbons (Fsp3) is 0.235. The predicted octanol–water partition coefficient (Wildman–Crippen LogP) is 2.05. The Morgan fingerprint density at radius 2 is 1.83 bits per heavy atom. The third kappa shape index (κ3) is 3.85. The first-order valence-electron chi connectivity index (χ1n) is 7.23. The van der Waals surface area contributed by atoms with Crippen LogP contribution in [-0.4, -0.2) is 28.6 Å². The van der Waals surface area contributed by atoms with Crippen LogP contribution in [0.25, 0.3) is 6.08 Å². The minimum atomic E-state index is -0.236. The maximum absolute atomic E-state index is 12.0. The highest BCUT2D eigenvalue weighted by atomic mass is 16.2. The summed E-state index contributed by atoms with van der Waals surface area (Å²) in [4.78, 5) is 23.4. The van der Waals surface area contributed by atoms with Gasteiger partial charge >= 0.3 is 0 Å². The summed E-state index contributed by atoms with van der Waals surface area (Å²) in [5.41, 5.74) is 4.00. The second-order valence-electron chi connectivity index (χ2n) is 5.19. The molecule has 2 N–H and O–H groups in total. The Hall–Kier alpha value is -2.89. The van der Waals surface area contributed by atoms with Crippen LogP contribution >= 0.6 is 0 Å². The van der Waals surface area contributed by atoms with Gasteiger partial charge in [0.05, 0.1) is 5.69 Å². The van der Waals surface area contributed by atoms with Crippen molar-refractivity contribution in [1.29, 1.82) is 0 Å². The maximum atomic E-state index is 12.0. The van der Waals surface area contributed by atoms with Gasteiger partial charge in [-0.05, 0) is 44.2 Å². The summed E-state index contributed by atoms with van der Waals surface area (Å²) in [6, 6.07) is 6.70. The van der Waals surface area contributed by atoms with E-state index in [-0.39, 0.29) is 11.8 Å². The van der Waals surface area contributed by atoms with Gasteiger partial charge in [0.1, 0.15) is 0 Å². The molecular formula is C17H20N4O2. The van der Waals surface area contributed by atoms with Crippen LogP contribution in [0.3, 0.4) is 0 Å². The minimum absolute atomic E-state index is 0.162. The predicted molar refractivity (Wildman–Crippen MR) is 90.2 cm³/mol. The lowest BCUT2D eigenvalue weighted by atomic mass is 10.1. The normalized spacial score (nSPS) is 10.8. The number of aromatic nitrogens is 2. The Bertz CT molecular complexity index is 758. The fourth-order valence-corrected chi connectivity index (χ4v) is 2.22. The minimum Gasteiger partial charge on any atom is -0.355 e. The van der Waals surface area contributed by atoms with Gasteiger partial charge in [-0.15, -0.1) is 0 Å². The van der Waals surface area contributed by atoms with Crippen molar-refractivity contribution >= 4 is 23.6 Å². The van der Waals surface area contributed by atoms with Crippen LogP contribution in [0, 0.1) is 13.8 Å². The number of anilines is 1. The standard InChI is InChI=1S/C17H20N4O2/c1-11-15(12(2)21(4)20-11)9-10-16(22)19-14-7-5-13(6-8-14)17(23)18-3/h5-10H,1-4H3,(H,18,23)(H,19,22)/b10-9+. The van der Waals surface area contributed by atoms with Gasteiger partial charge in [-0.3, -0.25) is 14.3 Å². The molecule has 2 amide bonds. The molecule has 120 valence electrons. The molecule has 0 fully saturated rings. The van der Waals surface area contributed by atoms with Crippen LogP contribution in [0.1, 0.15) is 27.3 Å². The van der Waals surface area contributed by atoms with E-state index in [4.69, 9.17) is 0 Å². The largest absolute Gasteiger partial charge is 0.355 e. The van der Waals surface area contributed by atoms with Crippen molar-refractivity contribution < 1.29 is 9.59 Å². The summed E-state index contributed by atoms with van der Waals surface area (Å²) in [7, 11) is 3.44. The van der Waals surface area contributed by atoms with Crippen molar-refractivity contribution in [3.05, 3.63) is 52.9 Å². The number of nitrogens with one attached hydrogen (secondary N) is 2. The number of amides is 2. The molecule has 6 heteroatoms. The Balaban J connectivity index is 2.04. The molecule has 2 aromatic rings. The maximum Gasteiger partial charge on any atom is 0.251 e. The van der Waals surface area contributed by atoms with Gasteiger partial charge in [-0.25, -0.2) is 0 Å². The van der Waals surface area contributed by atoms with Crippen molar-refractivity contribution in [3.63, 3.8) is 0 Å². The number of carbonyl (C=O) groups excluding carboxylic acids is 2. The van der Waals surface area contributed by atoms with E-state index < -0.39 is 0 Å². The van der Waals surface area contributed by atoms with Gasteiger partial charge in [0.25, 0.3) is 5.91 Å². The lowest BCUT2D eigenvalue weighted by Gasteiger charge is -2.04. The number of carbonyl (C=O) groups is 2. The molecule has 0 aliphatic rings. The molecule has 0 unspecified atom stereocenters. The van der Waals surface area contributed by atoms with E-state index in [1.165, 1.54) is 6.08 Å². The number of aryl methyl sites for hydroxylation is 2. The molecule has 0 radical (unpaired) electrons. The smallest absolute Gasteiger partial charge is 0.251 e. The Morgan fingerprint density at radius 1 is 1.17 bits per heavy atom. The SMILES string of the molecule is CNC(=O)c1ccc(NC(=O)/C=C/c2c(C)nn(C)c2C)cc1. The Kier molecular flexibility index (Phi) is 4.95. The second-order valence-corrected chi connectivity index (χ2v) is 5.19. The zero-order valence-electron chi connectivity index (χ0n) is 13.7. The summed E-state index contributed by atoms with van der Waals surface area (Å²) in [5.74, 6) is -0.398. The van der Waals surface area contributed by atoms with Crippen LogP contribution < -0.4 is 10.6 Å². The molecule has 1 aromatic carbocycles. The third-order valence-corrected chi connectivity index (χ3v) is 3.61. The summed E-state index contributed by atoms with van der Waals surface area (Å²) < 4.78 is 1.78. The van der Waals surface area contributed by atoms with Crippen LogP contribution in [0.2, 0.25) is 0 Å². The van der Waals surface area contributed by atoms with E-state index in [1.54, 1.807) is 42.1 Å². The van der Waals surface area contributed by atoms with E-state index >= 15 is 0 Å². The first kappa shape index (κ1) is 16.5. The second kappa shape index (κ2) is 6.91. The lowest BCUT2D eigenvalue weighted by Crippen LogP contribution is -2.17. The van der Waals surface area contributed by atoms with Crippen molar-refractivity contribution in [1.82, 2.24) is 15.1 Å². The topological polar surface area (TPSA) is 76.0 Å². The van der Waals surface area contributed by atoms with Gasteiger partial charge in [-0.1, -0.05) is 0 Å². The molecule has 0 spiro atoms. The molecule has 1 aromatic heterocycles. The van der Waals surface area contributed by atoms with Crippen molar-refractivity contribution in [3.8, 4) is 0 Å². The summed E-state index contributed by atoms with van der Waals surface area (Å²) in [5, 5.41) is 9.61. The van der Waals surface area contributed by atoms with Crippen molar-refractivity contribution in [2.75, 3.05) is 12.4 Å². The average molecular weight is 312 g/mol. The van der Waals surface area contributed by atoms with Gasteiger partial charge < -0.3 is 10.6 Å². The van der Waals surface area contributed by atoms with Crippen LogP contribution in [0.4, 0.5) is 5.69 Å². The van der Waals surface area contributed by atoms with Crippen LogP contribution in [0.15, 0.2) is 30.3 Å².